The van der Waals surface area contributed by atoms with Crippen molar-refractivity contribution >= 4 is 27.5 Å². The van der Waals surface area contributed by atoms with Gasteiger partial charge in [-0.1, -0.05) is 48.5 Å². The summed E-state index contributed by atoms with van der Waals surface area (Å²) in [6.07, 6.45) is 0. The van der Waals surface area contributed by atoms with Crippen LogP contribution in [0.3, 0.4) is 0 Å². The molecule has 0 radical (unpaired) electrons. The molecule has 236 valence electrons. The summed E-state index contributed by atoms with van der Waals surface area (Å²) >= 11 is 0. The molecule has 0 aliphatic heterocycles. The molecule has 0 aliphatic carbocycles. The number of para-hydroxylation sites is 1. The molecule has 0 bridgehead atoms. The molecular weight excluding hydrogens is 590 g/mol. The Morgan fingerprint density at radius 2 is 1.38 bits per heavy atom. The largest absolute Gasteiger partial charge is 0.497 e. The van der Waals surface area contributed by atoms with Gasteiger partial charge in [-0.15, -0.1) is 0 Å². The smallest absolute Gasteiger partial charge is 0.264 e. The second kappa shape index (κ2) is 14.3. The minimum Gasteiger partial charge on any atom is -0.497 e. The maximum Gasteiger partial charge on any atom is 0.264 e. The molecule has 10 heteroatoms. The highest BCUT2D eigenvalue weighted by atomic mass is 32.2. The van der Waals surface area contributed by atoms with Crippen LogP contribution >= 0.6 is 0 Å². The van der Waals surface area contributed by atoms with Crippen LogP contribution < -0.4 is 19.1 Å². The Morgan fingerprint density at radius 3 is 1.98 bits per heavy atom. The number of carbonyl (C=O) groups is 2. The number of ether oxygens (including phenoxy) is 2. The molecule has 0 aliphatic rings. The van der Waals surface area contributed by atoms with E-state index in [-0.39, 0.29) is 23.0 Å². The summed E-state index contributed by atoms with van der Waals surface area (Å²) in [5.74, 6) is 0.806. The fourth-order valence-corrected chi connectivity index (χ4v) is 6.01. The van der Waals surface area contributed by atoms with Crippen LogP contribution in [0.5, 0.6) is 17.2 Å². The predicted octanol–water partition coefficient (Wildman–Crippen LogP) is 6.01. The maximum atomic E-state index is 14.2. The van der Waals surface area contributed by atoms with E-state index in [0.29, 0.717) is 17.2 Å². The van der Waals surface area contributed by atoms with Gasteiger partial charge in [0.05, 0.1) is 17.7 Å². The fraction of sp³-hybridized carbons (Fsp3) is 0.257. The topological polar surface area (TPSA) is 105 Å². The third kappa shape index (κ3) is 8.86. The number of nitrogens with zero attached hydrogens (tertiary/aromatic N) is 2. The highest BCUT2D eigenvalue weighted by Gasteiger charge is 2.33. The monoisotopic (exact) mass is 629 g/mol. The van der Waals surface area contributed by atoms with Crippen molar-refractivity contribution in [2.24, 2.45) is 0 Å². The zero-order valence-corrected chi connectivity index (χ0v) is 27.0. The van der Waals surface area contributed by atoms with Crippen LogP contribution in [0.2, 0.25) is 0 Å². The number of sulfonamides is 1. The summed E-state index contributed by atoms with van der Waals surface area (Å²) in [7, 11) is -2.64. The molecule has 2 amide bonds. The number of methoxy groups -OCH3 is 1. The summed E-state index contributed by atoms with van der Waals surface area (Å²) < 4.78 is 40.4. The van der Waals surface area contributed by atoms with Gasteiger partial charge in [0.1, 0.15) is 29.8 Å². The lowest BCUT2D eigenvalue weighted by molar-refractivity contribution is -0.140. The van der Waals surface area contributed by atoms with E-state index in [1.54, 1.807) is 74.7 Å². The average Bonchev–Trinajstić information content (AvgIpc) is 3.02. The van der Waals surface area contributed by atoms with E-state index in [2.05, 4.69) is 5.32 Å². The van der Waals surface area contributed by atoms with E-state index in [1.807, 2.05) is 57.2 Å². The molecular formula is C35H39N3O6S. The lowest BCUT2D eigenvalue weighted by atomic mass is 10.1. The standard InChI is InChI=1S/C35H39N3O6S/c1-26(34(40)36-35(2,3)4)37(24-27-13-12-16-31(23-27)43-5)33(39)25-38(45(41,42)32-17-10-7-11-18-32)28-19-21-30(22-20-28)44-29-14-8-6-9-15-29/h6-23,26H,24-25H2,1-5H3,(H,36,40)/t26-/m0/s1. The minimum atomic E-state index is -4.19. The van der Waals surface area contributed by atoms with Crippen LogP contribution in [0.15, 0.2) is 114 Å². The van der Waals surface area contributed by atoms with Crippen LogP contribution in [0.1, 0.15) is 33.3 Å². The quantitative estimate of drug-likeness (QED) is 0.206. The predicted molar refractivity (Wildman–Crippen MR) is 175 cm³/mol. The molecule has 4 rings (SSSR count). The van der Waals surface area contributed by atoms with E-state index >= 15 is 0 Å². The molecule has 0 saturated carbocycles. The summed E-state index contributed by atoms with van der Waals surface area (Å²) in [6.45, 7) is 6.69. The van der Waals surface area contributed by atoms with Gasteiger partial charge in [-0.05, 0) is 93.9 Å². The van der Waals surface area contributed by atoms with Crippen molar-refractivity contribution in [3.05, 3.63) is 115 Å². The molecule has 4 aromatic carbocycles. The van der Waals surface area contributed by atoms with Gasteiger partial charge in [-0.3, -0.25) is 13.9 Å². The fourth-order valence-electron chi connectivity index (χ4n) is 4.58. The second-order valence-electron chi connectivity index (χ2n) is 11.5. The third-order valence-electron chi connectivity index (χ3n) is 6.87. The Labute approximate surface area is 265 Å². The van der Waals surface area contributed by atoms with Gasteiger partial charge >= 0.3 is 0 Å². The molecule has 0 spiro atoms. The summed E-state index contributed by atoms with van der Waals surface area (Å²) in [5, 5.41) is 2.93. The first-order valence-electron chi connectivity index (χ1n) is 14.5. The summed E-state index contributed by atoms with van der Waals surface area (Å²) in [4.78, 5) is 28.9. The van der Waals surface area contributed by atoms with Crippen molar-refractivity contribution in [2.45, 2.75) is 50.7 Å². The summed E-state index contributed by atoms with van der Waals surface area (Å²) in [6, 6.07) is 29.9. The number of benzene rings is 4. The number of hydrogen-bond acceptors (Lipinski definition) is 6. The van der Waals surface area contributed by atoms with Crippen molar-refractivity contribution in [2.75, 3.05) is 18.0 Å². The first kappa shape index (κ1) is 33.1. The first-order chi connectivity index (χ1) is 21.4. The average molecular weight is 630 g/mol. The van der Waals surface area contributed by atoms with Crippen LogP contribution in [0, 0.1) is 0 Å². The lowest BCUT2D eigenvalue weighted by Crippen LogP contribution is -2.54. The van der Waals surface area contributed by atoms with Gasteiger partial charge in [0, 0.05) is 12.1 Å². The Kier molecular flexibility index (Phi) is 10.5. The Morgan fingerprint density at radius 1 is 0.800 bits per heavy atom. The lowest BCUT2D eigenvalue weighted by Gasteiger charge is -2.33. The van der Waals surface area contributed by atoms with Gasteiger partial charge in [-0.25, -0.2) is 8.42 Å². The van der Waals surface area contributed by atoms with Crippen LogP contribution in [0.25, 0.3) is 0 Å². The molecule has 0 unspecified atom stereocenters. The second-order valence-corrected chi connectivity index (χ2v) is 13.4. The molecule has 1 N–H and O–H groups in total. The Balaban J connectivity index is 1.70. The number of amides is 2. The number of rotatable bonds is 12. The molecule has 4 aromatic rings. The number of carbonyl (C=O) groups excluding carboxylic acids is 2. The normalized spacial score (nSPS) is 12.1. The van der Waals surface area contributed by atoms with Gasteiger partial charge < -0.3 is 19.7 Å². The SMILES string of the molecule is COc1cccc(CN(C(=O)CN(c2ccc(Oc3ccccc3)cc2)S(=O)(=O)c2ccccc2)[C@@H](C)C(=O)NC(C)(C)C)c1. The van der Waals surface area contributed by atoms with Gasteiger partial charge in [-0.2, -0.15) is 0 Å². The van der Waals surface area contributed by atoms with E-state index in [1.165, 1.54) is 17.0 Å². The molecule has 0 aromatic heterocycles. The van der Waals surface area contributed by atoms with Gasteiger partial charge in [0.2, 0.25) is 11.8 Å². The van der Waals surface area contributed by atoms with Gasteiger partial charge in [0.25, 0.3) is 10.0 Å². The first-order valence-corrected chi connectivity index (χ1v) is 16.0. The minimum absolute atomic E-state index is 0.0280. The Hall–Kier alpha value is -4.83. The van der Waals surface area contributed by atoms with E-state index in [4.69, 9.17) is 9.47 Å². The number of nitrogens with one attached hydrogen (secondary N) is 1. The van der Waals surface area contributed by atoms with E-state index in [0.717, 1.165) is 9.87 Å². The zero-order valence-electron chi connectivity index (χ0n) is 26.1. The molecule has 0 fully saturated rings. The van der Waals surface area contributed by atoms with E-state index < -0.39 is 34.1 Å². The van der Waals surface area contributed by atoms with Crippen molar-refractivity contribution in [3.63, 3.8) is 0 Å². The molecule has 1 atom stereocenters. The summed E-state index contributed by atoms with van der Waals surface area (Å²) in [5.41, 5.74) is 0.446. The third-order valence-corrected chi connectivity index (χ3v) is 8.65. The Bertz CT molecular complexity index is 1690. The van der Waals surface area contributed by atoms with E-state index in [9.17, 15) is 18.0 Å². The van der Waals surface area contributed by atoms with Crippen molar-refractivity contribution < 1.29 is 27.5 Å². The highest BCUT2D eigenvalue weighted by molar-refractivity contribution is 7.92. The van der Waals surface area contributed by atoms with Crippen LogP contribution in [-0.4, -0.2) is 50.4 Å². The van der Waals surface area contributed by atoms with Crippen molar-refractivity contribution in [1.29, 1.82) is 0 Å². The zero-order chi connectivity index (χ0) is 32.6. The van der Waals surface area contributed by atoms with Crippen molar-refractivity contribution in [1.82, 2.24) is 10.2 Å². The maximum absolute atomic E-state index is 14.2. The molecule has 0 heterocycles. The van der Waals surface area contributed by atoms with Crippen molar-refractivity contribution in [3.8, 4) is 17.2 Å². The highest BCUT2D eigenvalue weighted by Crippen LogP contribution is 2.29. The van der Waals surface area contributed by atoms with Crippen LogP contribution in [0.4, 0.5) is 5.69 Å². The molecule has 45 heavy (non-hydrogen) atoms. The van der Waals surface area contributed by atoms with Crippen LogP contribution in [-0.2, 0) is 26.2 Å². The number of hydrogen-bond donors (Lipinski definition) is 1. The number of anilines is 1. The molecule has 0 saturated heterocycles. The van der Waals surface area contributed by atoms with Gasteiger partial charge in [0.15, 0.2) is 0 Å². The molecule has 9 nitrogen and oxygen atoms in total.